The Morgan fingerprint density at radius 3 is 2.57 bits per heavy atom. The van der Waals surface area contributed by atoms with Gasteiger partial charge in [-0.2, -0.15) is 0 Å². The lowest BCUT2D eigenvalue weighted by molar-refractivity contribution is 0.0600. The van der Waals surface area contributed by atoms with E-state index in [1.165, 1.54) is 7.11 Å². The van der Waals surface area contributed by atoms with Gasteiger partial charge in [0, 0.05) is 12.7 Å². The van der Waals surface area contributed by atoms with Crippen LogP contribution >= 0.6 is 15.9 Å². The second-order valence-electron chi connectivity index (χ2n) is 4.24. The van der Waals surface area contributed by atoms with Crippen LogP contribution in [0.5, 0.6) is 5.75 Å². The molecule has 0 amide bonds. The van der Waals surface area contributed by atoms with Crippen LogP contribution in [0.2, 0.25) is 0 Å². The first-order chi connectivity index (χ1) is 10.2. The van der Waals surface area contributed by atoms with Crippen LogP contribution < -0.4 is 10.1 Å². The number of aromatic nitrogens is 1. The summed E-state index contributed by atoms with van der Waals surface area (Å²) in [6.07, 6.45) is 3.16. The highest BCUT2D eigenvalue weighted by molar-refractivity contribution is 9.10. The van der Waals surface area contributed by atoms with E-state index in [4.69, 9.17) is 9.47 Å². The van der Waals surface area contributed by atoms with Crippen molar-refractivity contribution in [3.8, 4) is 5.75 Å². The average Bonchev–Trinajstić information content (AvgIpc) is 2.52. The molecule has 0 aliphatic carbocycles. The Balaban J connectivity index is 2.15. The molecule has 0 fully saturated rings. The molecule has 5 nitrogen and oxygen atoms in total. The lowest BCUT2D eigenvalue weighted by atomic mass is 10.2. The van der Waals surface area contributed by atoms with E-state index in [2.05, 4.69) is 26.2 Å². The van der Waals surface area contributed by atoms with Crippen molar-refractivity contribution in [2.24, 2.45) is 0 Å². The molecule has 0 spiro atoms. The van der Waals surface area contributed by atoms with Crippen LogP contribution in [0.1, 0.15) is 15.9 Å². The van der Waals surface area contributed by atoms with Crippen LogP contribution in [0.25, 0.3) is 0 Å². The Bertz CT molecular complexity index is 629. The molecule has 1 N–H and O–H groups in total. The normalized spacial score (nSPS) is 10.0. The molecule has 0 aliphatic heterocycles. The van der Waals surface area contributed by atoms with Gasteiger partial charge in [0.15, 0.2) is 0 Å². The third kappa shape index (κ3) is 3.72. The number of nitrogens with zero attached hydrogens (tertiary/aromatic N) is 1. The lowest BCUT2D eigenvalue weighted by Gasteiger charge is -2.12. The zero-order valence-corrected chi connectivity index (χ0v) is 13.3. The highest BCUT2D eigenvalue weighted by Gasteiger charge is 2.16. The lowest BCUT2D eigenvalue weighted by Crippen LogP contribution is -2.09. The number of benzene rings is 1. The van der Waals surface area contributed by atoms with Gasteiger partial charge in [-0.05, 0) is 33.6 Å². The number of halogens is 1. The maximum atomic E-state index is 11.8. The first-order valence-electron chi connectivity index (χ1n) is 6.24. The molecule has 1 aromatic heterocycles. The van der Waals surface area contributed by atoms with Gasteiger partial charge in [0.05, 0.1) is 30.6 Å². The molecule has 0 atom stereocenters. The molecule has 0 radical (unpaired) electrons. The van der Waals surface area contributed by atoms with Crippen molar-refractivity contribution in [1.82, 2.24) is 4.98 Å². The zero-order valence-electron chi connectivity index (χ0n) is 11.7. The number of carbonyl (C=O) groups is 1. The first-order valence-corrected chi connectivity index (χ1v) is 7.03. The van der Waals surface area contributed by atoms with Gasteiger partial charge in [0.1, 0.15) is 11.3 Å². The summed E-state index contributed by atoms with van der Waals surface area (Å²) in [5.74, 6) is 0.389. The summed E-state index contributed by atoms with van der Waals surface area (Å²) in [7, 11) is 2.98. The Morgan fingerprint density at radius 1 is 1.24 bits per heavy atom. The second kappa shape index (κ2) is 7.08. The van der Waals surface area contributed by atoms with Crippen LogP contribution in [0.4, 0.5) is 5.69 Å². The summed E-state index contributed by atoms with van der Waals surface area (Å²) >= 11 is 3.31. The Morgan fingerprint density at radius 2 is 1.95 bits per heavy atom. The molecule has 6 heteroatoms. The van der Waals surface area contributed by atoms with E-state index in [1.54, 1.807) is 19.5 Å². The highest BCUT2D eigenvalue weighted by atomic mass is 79.9. The van der Waals surface area contributed by atoms with Gasteiger partial charge < -0.3 is 14.8 Å². The van der Waals surface area contributed by atoms with E-state index in [0.717, 1.165) is 11.3 Å². The van der Waals surface area contributed by atoms with E-state index in [1.807, 2.05) is 24.3 Å². The fraction of sp³-hybridized carbons (Fsp3) is 0.200. The van der Waals surface area contributed by atoms with Crippen LogP contribution in [0, 0.1) is 0 Å². The molecular formula is C15H15BrN2O3. The number of nitrogens with one attached hydrogen (secondary N) is 1. The fourth-order valence-corrected chi connectivity index (χ4v) is 2.31. The summed E-state index contributed by atoms with van der Waals surface area (Å²) in [6.45, 7) is 0.562. The summed E-state index contributed by atoms with van der Waals surface area (Å²) in [6, 6.07) is 7.68. The number of hydrogen-bond donors (Lipinski definition) is 1. The molecule has 21 heavy (non-hydrogen) atoms. The Labute approximate surface area is 131 Å². The van der Waals surface area contributed by atoms with Crippen LogP contribution in [0.15, 0.2) is 41.1 Å². The summed E-state index contributed by atoms with van der Waals surface area (Å²) in [5.41, 5.74) is 2.11. The fourth-order valence-electron chi connectivity index (χ4n) is 1.82. The minimum Gasteiger partial charge on any atom is -0.497 e. The van der Waals surface area contributed by atoms with Gasteiger partial charge in [-0.25, -0.2) is 4.79 Å². The van der Waals surface area contributed by atoms with Crippen molar-refractivity contribution >= 4 is 27.6 Å². The molecule has 0 saturated heterocycles. The third-order valence-corrected chi connectivity index (χ3v) is 3.53. The largest absolute Gasteiger partial charge is 0.497 e. The van der Waals surface area contributed by atoms with Crippen LogP contribution in [-0.4, -0.2) is 25.2 Å². The molecule has 0 bridgehead atoms. The third-order valence-electron chi connectivity index (χ3n) is 2.93. The van der Waals surface area contributed by atoms with Crippen LogP contribution in [-0.2, 0) is 11.3 Å². The Kier molecular flexibility index (Phi) is 5.16. The maximum absolute atomic E-state index is 11.8. The minimum atomic E-state index is -0.415. The smallest absolute Gasteiger partial charge is 0.341 e. The molecule has 0 aliphatic rings. The molecule has 1 heterocycles. The van der Waals surface area contributed by atoms with Crippen molar-refractivity contribution in [3.63, 3.8) is 0 Å². The van der Waals surface area contributed by atoms with E-state index >= 15 is 0 Å². The zero-order chi connectivity index (χ0) is 15.2. The predicted molar refractivity (Wildman–Crippen MR) is 83.6 cm³/mol. The molecule has 0 unspecified atom stereocenters. The maximum Gasteiger partial charge on any atom is 0.341 e. The molecule has 2 aromatic rings. The van der Waals surface area contributed by atoms with Crippen molar-refractivity contribution in [1.29, 1.82) is 0 Å². The highest BCUT2D eigenvalue weighted by Crippen LogP contribution is 2.25. The number of anilines is 1. The van der Waals surface area contributed by atoms with Gasteiger partial charge in [0.2, 0.25) is 0 Å². The summed E-state index contributed by atoms with van der Waals surface area (Å²) < 4.78 is 10.5. The number of rotatable bonds is 5. The van der Waals surface area contributed by atoms with E-state index < -0.39 is 5.97 Å². The summed E-state index contributed by atoms with van der Waals surface area (Å²) in [5, 5.41) is 3.19. The predicted octanol–water partition coefficient (Wildman–Crippen LogP) is 3.25. The number of esters is 1. The number of methoxy groups -OCH3 is 2. The van der Waals surface area contributed by atoms with E-state index in [-0.39, 0.29) is 0 Å². The van der Waals surface area contributed by atoms with Gasteiger partial charge in [-0.1, -0.05) is 12.1 Å². The van der Waals surface area contributed by atoms with Crippen molar-refractivity contribution in [3.05, 3.63) is 52.3 Å². The monoisotopic (exact) mass is 350 g/mol. The molecule has 110 valence electrons. The van der Waals surface area contributed by atoms with Crippen molar-refractivity contribution < 1.29 is 14.3 Å². The molecular weight excluding hydrogens is 336 g/mol. The second-order valence-corrected chi connectivity index (χ2v) is 5.09. The SMILES string of the molecule is COC(=O)c1c(Br)cncc1NCc1ccc(OC)cc1. The van der Waals surface area contributed by atoms with Gasteiger partial charge >= 0.3 is 5.97 Å². The van der Waals surface area contributed by atoms with Crippen molar-refractivity contribution in [2.75, 3.05) is 19.5 Å². The Hall–Kier alpha value is -2.08. The van der Waals surface area contributed by atoms with Crippen molar-refractivity contribution in [2.45, 2.75) is 6.54 Å². The quantitative estimate of drug-likeness (QED) is 0.838. The molecule has 2 rings (SSSR count). The standard InChI is InChI=1S/C15H15BrN2O3/c1-20-11-5-3-10(4-6-11)7-18-13-9-17-8-12(16)14(13)15(19)21-2/h3-6,8-9,18H,7H2,1-2H3. The minimum absolute atomic E-state index is 0.415. The topological polar surface area (TPSA) is 60.5 Å². The number of pyridine rings is 1. The molecule has 0 saturated carbocycles. The number of carbonyl (C=O) groups excluding carboxylic acids is 1. The summed E-state index contributed by atoms with van der Waals surface area (Å²) in [4.78, 5) is 15.9. The average molecular weight is 351 g/mol. The van der Waals surface area contributed by atoms with Crippen LogP contribution in [0.3, 0.4) is 0 Å². The van der Waals surface area contributed by atoms with Gasteiger partial charge in [-0.3, -0.25) is 4.98 Å². The van der Waals surface area contributed by atoms with Gasteiger partial charge in [-0.15, -0.1) is 0 Å². The number of hydrogen-bond acceptors (Lipinski definition) is 5. The number of ether oxygens (including phenoxy) is 2. The molecule has 1 aromatic carbocycles. The van der Waals surface area contributed by atoms with Gasteiger partial charge in [0.25, 0.3) is 0 Å². The van der Waals surface area contributed by atoms with E-state index in [0.29, 0.717) is 22.3 Å². The first kappa shape index (κ1) is 15.3. The van der Waals surface area contributed by atoms with E-state index in [9.17, 15) is 4.79 Å².